The molecule has 1 aliphatic heterocycles. The minimum atomic E-state index is -0.214. The largest absolute Gasteiger partial charge is 0.466 e. The number of carbonyl (C=O) groups is 1. The van der Waals surface area contributed by atoms with Gasteiger partial charge in [0, 0.05) is 24.4 Å². The van der Waals surface area contributed by atoms with Crippen molar-refractivity contribution in [3.05, 3.63) is 41.0 Å². The van der Waals surface area contributed by atoms with Crippen LogP contribution in [-0.2, 0) is 16.0 Å². The molecule has 20 heavy (non-hydrogen) atoms. The lowest BCUT2D eigenvalue weighted by atomic mass is 9.99. The van der Waals surface area contributed by atoms with Gasteiger partial charge >= 0.3 is 5.97 Å². The van der Waals surface area contributed by atoms with Gasteiger partial charge in [-0.15, -0.1) is 0 Å². The van der Waals surface area contributed by atoms with Gasteiger partial charge in [-0.2, -0.15) is 0 Å². The summed E-state index contributed by atoms with van der Waals surface area (Å²) in [6.07, 6.45) is 5.03. The zero-order valence-electron chi connectivity index (χ0n) is 12.6. The summed E-state index contributed by atoms with van der Waals surface area (Å²) in [4.78, 5) is 13.9. The number of ether oxygens (including phenoxy) is 1. The SMILES string of the molecule is CCC(=CCN1CCCc2cc(C)ccc21)C(=O)OC. The maximum absolute atomic E-state index is 11.6. The van der Waals surface area contributed by atoms with Gasteiger partial charge < -0.3 is 9.64 Å². The van der Waals surface area contributed by atoms with Crippen LogP contribution in [0, 0.1) is 6.92 Å². The second-order valence-electron chi connectivity index (χ2n) is 5.26. The number of benzene rings is 1. The number of rotatable bonds is 4. The lowest BCUT2D eigenvalue weighted by molar-refractivity contribution is -0.136. The Bertz CT molecular complexity index is 520. The third-order valence-corrected chi connectivity index (χ3v) is 3.84. The summed E-state index contributed by atoms with van der Waals surface area (Å²) >= 11 is 0. The van der Waals surface area contributed by atoms with Crippen molar-refractivity contribution in [1.29, 1.82) is 0 Å². The van der Waals surface area contributed by atoms with Gasteiger partial charge in [0.05, 0.1) is 7.11 Å². The van der Waals surface area contributed by atoms with Crippen molar-refractivity contribution in [2.75, 3.05) is 25.1 Å². The highest BCUT2D eigenvalue weighted by Gasteiger charge is 2.16. The number of fused-ring (bicyclic) bond motifs is 1. The third-order valence-electron chi connectivity index (χ3n) is 3.84. The number of hydrogen-bond acceptors (Lipinski definition) is 3. The highest BCUT2D eigenvalue weighted by atomic mass is 16.5. The van der Waals surface area contributed by atoms with Crippen molar-refractivity contribution < 1.29 is 9.53 Å². The smallest absolute Gasteiger partial charge is 0.333 e. The first-order chi connectivity index (χ1) is 9.65. The Morgan fingerprint density at radius 2 is 2.25 bits per heavy atom. The molecular weight excluding hydrogens is 250 g/mol. The minimum Gasteiger partial charge on any atom is -0.466 e. The fourth-order valence-electron chi connectivity index (χ4n) is 2.72. The van der Waals surface area contributed by atoms with Gasteiger partial charge in [-0.1, -0.05) is 30.7 Å². The van der Waals surface area contributed by atoms with Gasteiger partial charge in [-0.05, 0) is 37.8 Å². The molecule has 2 rings (SSSR count). The summed E-state index contributed by atoms with van der Waals surface area (Å²) in [7, 11) is 1.44. The standard InChI is InChI=1S/C17H23NO2/c1-4-14(17(19)20-3)9-11-18-10-5-6-15-12-13(2)7-8-16(15)18/h7-9,12H,4-6,10-11H2,1-3H3. The molecule has 0 bridgehead atoms. The number of anilines is 1. The van der Waals surface area contributed by atoms with Gasteiger partial charge in [-0.25, -0.2) is 4.79 Å². The molecule has 0 unspecified atom stereocenters. The zero-order valence-corrected chi connectivity index (χ0v) is 12.6. The average Bonchev–Trinajstić information content (AvgIpc) is 2.47. The molecule has 0 aliphatic carbocycles. The van der Waals surface area contributed by atoms with Crippen LogP contribution in [0.5, 0.6) is 0 Å². The molecule has 1 aliphatic rings. The number of esters is 1. The van der Waals surface area contributed by atoms with Crippen LogP contribution in [0.4, 0.5) is 5.69 Å². The molecule has 1 aromatic carbocycles. The Labute approximate surface area is 121 Å². The first-order valence-corrected chi connectivity index (χ1v) is 7.27. The molecule has 0 radical (unpaired) electrons. The summed E-state index contributed by atoms with van der Waals surface area (Å²) in [5.41, 5.74) is 4.79. The zero-order chi connectivity index (χ0) is 14.5. The topological polar surface area (TPSA) is 29.5 Å². The van der Waals surface area contributed by atoms with E-state index in [1.165, 1.54) is 30.3 Å². The first kappa shape index (κ1) is 14.6. The predicted molar refractivity (Wildman–Crippen MR) is 82.1 cm³/mol. The Morgan fingerprint density at radius 3 is 2.95 bits per heavy atom. The van der Waals surface area contributed by atoms with Crippen molar-refractivity contribution >= 4 is 11.7 Å². The van der Waals surface area contributed by atoms with Crippen LogP contribution in [0.3, 0.4) is 0 Å². The van der Waals surface area contributed by atoms with Gasteiger partial charge in [0.15, 0.2) is 0 Å². The maximum Gasteiger partial charge on any atom is 0.333 e. The molecule has 0 atom stereocenters. The molecule has 1 heterocycles. The molecule has 0 amide bonds. The molecule has 0 saturated heterocycles. The van der Waals surface area contributed by atoms with Gasteiger partial charge in [0.1, 0.15) is 0 Å². The molecule has 0 N–H and O–H groups in total. The van der Waals surface area contributed by atoms with E-state index >= 15 is 0 Å². The Kier molecular flexibility index (Phi) is 4.83. The first-order valence-electron chi connectivity index (χ1n) is 7.27. The van der Waals surface area contributed by atoms with Crippen LogP contribution in [0.15, 0.2) is 29.8 Å². The van der Waals surface area contributed by atoms with Crippen LogP contribution < -0.4 is 4.90 Å². The van der Waals surface area contributed by atoms with E-state index in [-0.39, 0.29) is 5.97 Å². The number of hydrogen-bond donors (Lipinski definition) is 0. The summed E-state index contributed by atoms with van der Waals surface area (Å²) in [6.45, 7) is 5.93. The summed E-state index contributed by atoms with van der Waals surface area (Å²) in [5.74, 6) is -0.214. The molecule has 0 aromatic heterocycles. The summed E-state index contributed by atoms with van der Waals surface area (Å²) in [6, 6.07) is 6.62. The number of methoxy groups -OCH3 is 1. The van der Waals surface area contributed by atoms with E-state index in [1.54, 1.807) is 0 Å². The van der Waals surface area contributed by atoms with Gasteiger partial charge in [-0.3, -0.25) is 0 Å². The van der Waals surface area contributed by atoms with Crippen molar-refractivity contribution in [1.82, 2.24) is 0 Å². The fourth-order valence-corrected chi connectivity index (χ4v) is 2.72. The van der Waals surface area contributed by atoms with Crippen LogP contribution in [0.2, 0.25) is 0 Å². The summed E-state index contributed by atoms with van der Waals surface area (Å²) < 4.78 is 4.80. The van der Waals surface area contributed by atoms with E-state index in [4.69, 9.17) is 4.74 Å². The van der Waals surface area contributed by atoms with Gasteiger partial charge in [0.25, 0.3) is 0 Å². The predicted octanol–water partition coefficient (Wildman–Crippen LogP) is 3.26. The Hall–Kier alpha value is -1.77. The molecule has 0 spiro atoms. The van der Waals surface area contributed by atoms with E-state index in [9.17, 15) is 4.79 Å². The van der Waals surface area contributed by atoms with E-state index in [1.807, 2.05) is 13.0 Å². The molecule has 0 saturated carbocycles. The molecule has 3 nitrogen and oxygen atoms in total. The van der Waals surface area contributed by atoms with Crippen molar-refractivity contribution in [2.45, 2.75) is 33.1 Å². The van der Waals surface area contributed by atoms with Crippen LogP contribution in [0.1, 0.15) is 30.9 Å². The number of aryl methyl sites for hydroxylation is 2. The lowest BCUT2D eigenvalue weighted by Gasteiger charge is -2.30. The molecular formula is C17H23NO2. The van der Waals surface area contributed by atoms with Crippen LogP contribution >= 0.6 is 0 Å². The van der Waals surface area contributed by atoms with Crippen LogP contribution in [0.25, 0.3) is 0 Å². The molecule has 3 heteroatoms. The number of carbonyl (C=O) groups excluding carboxylic acids is 1. The van der Waals surface area contributed by atoms with E-state index < -0.39 is 0 Å². The Balaban J connectivity index is 2.16. The Morgan fingerprint density at radius 1 is 1.45 bits per heavy atom. The highest BCUT2D eigenvalue weighted by molar-refractivity contribution is 5.88. The van der Waals surface area contributed by atoms with Crippen molar-refractivity contribution in [2.24, 2.45) is 0 Å². The normalized spacial score (nSPS) is 14.9. The maximum atomic E-state index is 11.6. The highest BCUT2D eigenvalue weighted by Crippen LogP contribution is 2.27. The summed E-state index contributed by atoms with van der Waals surface area (Å²) in [5, 5.41) is 0. The second-order valence-corrected chi connectivity index (χ2v) is 5.26. The molecule has 0 fully saturated rings. The van der Waals surface area contributed by atoms with E-state index in [0.717, 1.165) is 25.1 Å². The molecule has 1 aromatic rings. The molecule has 108 valence electrons. The fraction of sp³-hybridized carbons (Fsp3) is 0.471. The van der Waals surface area contributed by atoms with E-state index in [0.29, 0.717) is 6.42 Å². The van der Waals surface area contributed by atoms with Crippen LogP contribution in [-0.4, -0.2) is 26.2 Å². The van der Waals surface area contributed by atoms with Crippen molar-refractivity contribution in [3.8, 4) is 0 Å². The lowest BCUT2D eigenvalue weighted by Crippen LogP contribution is -2.29. The van der Waals surface area contributed by atoms with Gasteiger partial charge in [0.2, 0.25) is 0 Å². The third kappa shape index (κ3) is 3.21. The monoisotopic (exact) mass is 273 g/mol. The second kappa shape index (κ2) is 6.60. The minimum absolute atomic E-state index is 0.214. The van der Waals surface area contributed by atoms with Crippen molar-refractivity contribution in [3.63, 3.8) is 0 Å². The van der Waals surface area contributed by atoms with E-state index in [2.05, 4.69) is 30.0 Å². The quantitative estimate of drug-likeness (QED) is 0.623. The average molecular weight is 273 g/mol. The number of nitrogens with zero attached hydrogens (tertiary/aromatic N) is 1.